The van der Waals surface area contributed by atoms with Crippen LogP contribution < -0.4 is 10.9 Å². The smallest absolute Gasteiger partial charge is 0.273 e. The van der Waals surface area contributed by atoms with Gasteiger partial charge in [-0.25, -0.2) is 9.67 Å². The van der Waals surface area contributed by atoms with Gasteiger partial charge < -0.3 is 5.32 Å². The van der Waals surface area contributed by atoms with Gasteiger partial charge in [-0.1, -0.05) is 34.1 Å². The molecule has 33 heavy (non-hydrogen) atoms. The maximum atomic E-state index is 12.8. The van der Waals surface area contributed by atoms with E-state index in [1.165, 1.54) is 35.3 Å². The van der Waals surface area contributed by atoms with E-state index in [0.29, 0.717) is 23.1 Å². The highest BCUT2D eigenvalue weighted by Crippen LogP contribution is 2.19. The van der Waals surface area contributed by atoms with E-state index in [2.05, 4.69) is 31.3 Å². The van der Waals surface area contributed by atoms with Crippen molar-refractivity contribution in [3.8, 4) is 0 Å². The molecule has 0 spiro atoms. The van der Waals surface area contributed by atoms with Gasteiger partial charge in [0.1, 0.15) is 11.7 Å². The molecule has 0 aliphatic rings. The molecular formula is C22H19BrN6O4. The van der Waals surface area contributed by atoms with E-state index in [4.69, 9.17) is 0 Å². The van der Waals surface area contributed by atoms with Crippen LogP contribution in [0.5, 0.6) is 0 Å². The summed E-state index contributed by atoms with van der Waals surface area (Å²) in [6.45, 7) is 2.49. The zero-order valence-electron chi connectivity index (χ0n) is 17.6. The molecule has 0 radical (unpaired) electrons. The number of aryl methyl sites for hydroxylation is 1. The van der Waals surface area contributed by atoms with E-state index >= 15 is 0 Å². The molecule has 0 unspecified atom stereocenters. The van der Waals surface area contributed by atoms with Gasteiger partial charge in [-0.15, -0.1) is 0 Å². The van der Waals surface area contributed by atoms with Gasteiger partial charge >= 0.3 is 0 Å². The van der Waals surface area contributed by atoms with Gasteiger partial charge in [0.05, 0.1) is 24.2 Å². The monoisotopic (exact) mass is 510 g/mol. The fourth-order valence-corrected chi connectivity index (χ4v) is 3.65. The zero-order valence-corrected chi connectivity index (χ0v) is 19.2. The largest absolute Gasteiger partial charge is 0.350 e. The van der Waals surface area contributed by atoms with Crippen LogP contribution in [0.25, 0.3) is 11.0 Å². The Morgan fingerprint density at radius 1 is 1.21 bits per heavy atom. The molecule has 0 bridgehead atoms. The second-order valence-electron chi connectivity index (χ2n) is 7.42. The lowest BCUT2D eigenvalue weighted by molar-refractivity contribution is -0.385. The van der Waals surface area contributed by atoms with Crippen molar-refractivity contribution >= 4 is 38.6 Å². The number of rotatable bonds is 7. The Kier molecular flexibility index (Phi) is 6.31. The molecule has 0 saturated heterocycles. The van der Waals surface area contributed by atoms with E-state index < -0.39 is 10.8 Å². The highest BCUT2D eigenvalue weighted by molar-refractivity contribution is 9.10. The van der Waals surface area contributed by atoms with E-state index in [-0.39, 0.29) is 29.9 Å². The summed E-state index contributed by atoms with van der Waals surface area (Å²) in [6, 6.07) is 12.0. The van der Waals surface area contributed by atoms with Crippen LogP contribution >= 0.6 is 15.9 Å². The summed E-state index contributed by atoms with van der Waals surface area (Å²) < 4.78 is 4.02. The summed E-state index contributed by atoms with van der Waals surface area (Å²) >= 11 is 3.39. The Morgan fingerprint density at radius 3 is 2.70 bits per heavy atom. The van der Waals surface area contributed by atoms with Crippen molar-refractivity contribution in [3.63, 3.8) is 0 Å². The standard InChI is InChI=1S/C22H19BrN6O4/c1-14-2-5-16(10-19(14)29(32)33)21(30)24-8-9-28-20-18(11-26-28)22(31)27(13-25-20)12-15-3-6-17(23)7-4-15/h2-7,10-11,13H,8-9,12H2,1H3,(H,24,30). The minimum absolute atomic E-state index is 0.107. The lowest BCUT2D eigenvalue weighted by Gasteiger charge is -2.08. The second kappa shape index (κ2) is 9.33. The van der Waals surface area contributed by atoms with Crippen molar-refractivity contribution < 1.29 is 9.72 Å². The van der Waals surface area contributed by atoms with Crippen LogP contribution in [0.1, 0.15) is 21.5 Å². The van der Waals surface area contributed by atoms with Gasteiger partial charge in [0.15, 0.2) is 5.65 Å². The van der Waals surface area contributed by atoms with Crippen molar-refractivity contribution in [2.75, 3.05) is 6.54 Å². The van der Waals surface area contributed by atoms with E-state index in [0.717, 1.165) is 10.0 Å². The molecular weight excluding hydrogens is 492 g/mol. The van der Waals surface area contributed by atoms with Gasteiger partial charge in [0.2, 0.25) is 0 Å². The fraction of sp³-hybridized carbons (Fsp3) is 0.182. The molecule has 0 fully saturated rings. The number of aromatic nitrogens is 4. The first-order chi connectivity index (χ1) is 15.8. The molecule has 0 atom stereocenters. The second-order valence-corrected chi connectivity index (χ2v) is 8.34. The van der Waals surface area contributed by atoms with Crippen LogP contribution in [-0.4, -0.2) is 36.7 Å². The van der Waals surface area contributed by atoms with Crippen molar-refractivity contribution in [3.05, 3.63) is 96.6 Å². The average molecular weight is 511 g/mol. The van der Waals surface area contributed by atoms with E-state index in [9.17, 15) is 19.7 Å². The Morgan fingerprint density at radius 2 is 1.97 bits per heavy atom. The maximum absolute atomic E-state index is 12.8. The topological polar surface area (TPSA) is 125 Å². The summed E-state index contributed by atoms with van der Waals surface area (Å²) in [6.07, 6.45) is 2.95. The van der Waals surface area contributed by atoms with E-state index in [1.807, 2.05) is 24.3 Å². The third kappa shape index (κ3) is 4.82. The number of nitro groups is 1. The number of nitro benzene ring substituents is 1. The zero-order chi connectivity index (χ0) is 23.5. The Labute approximate surface area is 196 Å². The van der Waals surface area contributed by atoms with Crippen molar-refractivity contribution in [1.29, 1.82) is 0 Å². The van der Waals surface area contributed by atoms with Crippen molar-refractivity contribution in [1.82, 2.24) is 24.6 Å². The lowest BCUT2D eigenvalue weighted by atomic mass is 10.1. The summed E-state index contributed by atoms with van der Waals surface area (Å²) in [7, 11) is 0. The molecule has 1 N–H and O–H groups in total. The van der Waals surface area contributed by atoms with E-state index in [1.54, 1.807) is 11.6 Å². The van der Waals surface area contributed by atoms with Gasteiger partial charge in [0, 0.05) is 28.2 Å². The predicted molar refractivity (Wildman–Crippen MR) is 125 cm³/mol. The van der Waals surface area contributed by atoms with Crippen molar-refractivity contribution in [2.45, 2.75) is 20.0 Å². The molecule has 0 aliphatic carbocycles. The SMILES string of the molecule is Cc1ccc(C(=O)NCCn2ncc3c(=O)n(Cc4ccc(Br)cc4)cnc32)cc1[N+](=O)[O-]. The molecule has 11 heteroatoms. The fourth-order valence-electron chi connectivity index (χ4n) is 3.38. The molecule has 0 saturated carbocycles. The number of nitrogens with zero attached hydrogens (tertiary/aromatic N) is 5. The van der Waals surface area contributed by atoms with Crippen molar-refractivity contribution in [2.24, 2.45) is 0 Å². The average Bonchev–Trinajstić information content (AvgIpc) is 3.21. The summed E-state index contributed by atoms with van der Waals surface area (Å²) in [4.78, 5) is 40.2. The van der Waals surface area contributed by atoms with Crippen LogP contribution in [0.3, 0.4) is 0 Å². The summed E-state index contributed by atoms with van der Waals surface area (Å²) in [5.74, 6) is -0.431. The number of amides is 1. The highest BCUT2D eigenvalue weighted by atomic mass is 79.9. The minimum Gasteiger partial charge on any atom is -0.350 e. The molecule has 1 amide bonds. The molecule has 4 aromatic rings. The van der Waals surface area contributed by atoms with Gasteiger partial charge in [-0.05, 0) is 30.7 Å². The number of hydrogen-bond donors (Lipinski definition) is 1. The summed E-state index contributed by atoms with van der Waals surface area (Å²) in [5, 5.41) is 18.4. The third-order valence-corrected chi connectivity index (χ3v) is 5.69. The molecule has 4 rings (SSSR count). The highest BCUT2D eigenvalue weighted by Gasteiger charge is 2.15. The van der Waals surface area contributed by atoms with Gasteiger partial charge in [-0.3, -0.25) is 24.3 Å². The summed E-state index contributed by atoms with van der Waals surface area (Å²) in [5.41, 5.74) is 1.76. The molecule has 2 aromatic heterocycles. The number of carbonyl (C=O) groups is 1. The molecule has 2 aromatic carbocycles. The van der Waals surface area contributed by atoms with Crippen LogP contribution in [-0.2, 0) is 13.1 Å². The number of fused-ring (bicyclic) bond motifs is 1. The van der Waals surface area contributed by atoms with Gasteiger partial charge in [-0.2, -0.15) is 5.10 Å². The first-order valence-corrected chi connectivity index (χ1v) is 10.8. The number of halogens is 1. The Balaban J connectivity index is 1.44. The first-order valence-electron chi connectivity index (χ1n) is 10.0. The quantitative estimate of drug-likeness (QED) is 0.301. The minimum atomic E-state index is -0.517. The molecule has 0 aliphatic heterocycles. The lowest BCUT2D eigenvalue weighted by Crippen LogP contribution is -2.28. The number of carbonyl (C=O) groups excluding carboxylic acids is 1. The Hall–Kier alpha value is -3.86. The number of hydrogen-bond acceptors (Lipinski definition) is 6. The normalized spacial score (nSPS) is 11.0. The molecule has 168 valence electrons. The maximum Gasteiger partial charge on any atom is 0.273 e. The first kappa shape index (κ1) is 22.3. The van der Waals surface area contributed by atoms with Crippen LogP contribution in [0.15, 0.2) is 64.3 Å². The number of nitrogens with one attached hydrogen (secondary N) is 1. The predicted octanol–water partition coefficient (Wildman–Crippen LogP) is 3.05. The number of benzene rings is 2. The molecule has 10 nitrogen and oxygen atoms in total. The Bertz CT molecular complexity index is 1410. The molecule has 2 heterocycles. The van der Waals surface area contributed by atoms with Crippen LogP contribution in [0.4, 0.5) is 5.69 Å². The third-order valence-electron chi connectivity index (χ3n) is 5.17. The van der Waals surface area contributed by atoms with Crippen LogP contribution in [0.2, 0.25) is 0 Å². The van der Waals surface area contributed by atoms with Gasteiger partial charge in [0.25, 0.3) is 17.2 Å². The van der Waals surface area contributed by atoms with Crippen LogP contribution in [0, 0.1) is 17.0 Å².